The Morgan fingerprint density at radius 2 is 1.85 bits per heavy atom. The summed E-state index contributed by atoms with van der Waals surface area (Å²) < 4.78 is 5.23. The molecule has 6 nitrogen and oxygen atoms in total. The molecule has 1 saturated carbocycles. The molecule has 0 aliphatic heterocycles. The van der Waals surface area contributed by atoms with E-state index in [1.807, 2.05) is 6.07 Å². The summed E-state index contributed by atoms with van der Waals surface area (Å²) in [6, 6.07) is 10.5. The molecular formula is C20H23N3O3. The molecule has 1 fully saturated rings. The second-order valence-electron chi connectivity index (χ2n) is 6.39. The van der Waals surface area contributed by atoms with Crippen LogP contribution in [0.25, 0.3) is 0 Å². The highest BCUT2D eigenvalue weighted by Gasteiger charge is 2.18. The third-order valence-corrected chi connectivity index (χ3v) is 4.55. The van der Waals surface area contributed by atoms with Gasteiger partial charge in [-0.3, -0.25) is 14.6 Å². The first-order valence-electron chi connectivity index (χ1n) is 8.88. The predicted molar refractivity (Wildman–Crippen MR) is 99.5 cm³/mol. The summed E-state index contributed by atoms with van der Waals surface area (Å²) in [6.45, 7) is 0. The summed E-state index contributed by atoms with van der Waals surface area (Å²) in [7, 11) is 1.54. The second-order valence-corrected chi connectivity index (χ2v) is 6.39. The van der Waals surface area contributed by atoms with Crippen LogP contribution >= 0.6 is 0 Å². The zero-order valence-electron chi connectivity index (χ0n) is 14.8. The molecule has 6 heteroatoms. The van der Waals surface area contributed by atoms with Crippen molar-refractivity contribution in [3.63, 3.8) is 0 Å². The maximum absolute atomic E-state index is 12.5. The molecule has 1 aliphatic rings. The Balaban J connectivity index is 1.69. The van der Waals surface area contributed by atoms with Crippen molar-refractivity contribution in [1.29, 1.82) is 0 Å². The lowest BCUT2D eigenvalue weighted by atomic mass is 9.95. The fourth-order valence-electron chi connectivity index (χ4n) is 3.15. The zero-order valence-corrected chi connectivity index (χ0v) is 14.8. The molecule has 3 rings (SSSR count). The molecule has 0 radical (unpaired) electrons. The van der Waals surface area contributed by atoms with Crippen LogP contribution in [0, 0.1) is 0 Å². The van der Waals surface area contributed by atoms with Gasteiger partial charge >= 0.3 is 0 Å². The Hall–Kier alpha value is -2.89. The van der Waals surface area contributed by atoms with E-state index in [2.05, 4.69) is 15.6 Å². The van der Waals surface area contributed by atoms with E-state index in [1.165, 1.54) is 18.7 Å². The number of benzene rings is 1. The minimum Gasteiger partial charge on any atom is -0.495 e. The largest absolute Gasteiger partial charge is 0.495 e. The SMILES string of the molecule is COc1ccccc1NC(=O)c1cc(C(=O)NC2CCCCC2)ccn1. The molecule has 0 saturated heterocycles. The van der Waals surface area contributed by atoms with Gasteiger partial charge in [-0.15, -0.1) is 0 Å². The number of rotatable bonds is 5. The van der Waals surface area contributed by atoms with Gasteiger partial charge in [0.15, 0.2) is 0 Å². The van der Waals surface area contributed by atoms with E-state index in [-0.39, 0.29) is 23.6 Å². The quantitative estimate of drug-likeness (QED) is 0.863. The van der Waals surface area contributed by atoms with Crippen LogP contribution < -0.4 is 15.4 Å². The minimum atomic E-state index is -0.387. The Morgan fingerprint density at radius 1 is 1.08 bits per heavy atom. The van der Waals surface area contributed by atoms with Gasteiger partial charge in [0, 0.05) is 17.8 Å². The predicted octanol–water partition coefficient (Wildman–Crippen LogP) is 3.41. The normalized spacial score (nSPS) is 14.5. The number of para-hydroxylation sites is 2. The highest BCUT2D eigenvalue weighted by Crippen LogP contribution is 2.23. The minimum absolute atomic E-state index is 0.161. The topological polar surface area (TPSA) is 80.3 Å². The smallest absolute Gasteiger partial charge is 0.274 e. The lowest BCUT2D eigenvalue weighted by molar-refractivity contribution is 0.0927. The van der Waals surface area contributed by atoms with Crippen LogP contribution in [0.2, 0.25) is 0 Å². The van der Waals surface area contributed by atoms with Crippen LogP contribution in [-0.4, -0.2) is 29.9 Å². The third-order valence-electron chi connectivity index (χ3n) is 4.55. The molecule has 1 aliphatic carbocycles. The first-order valence-corrected chi connectivity index (χ1v) is 8.88. The van der Waals surface area contributed by atoms with Crippen molar-refractivity contribution in [3.8, 4) is 5.75 Å². The van der Waals surface area contributed by atoms with E-state index in [9.17, 15) is 9.59 Å². The Labute approximate surface area is 153 Å². The summed E-state index contributed by atoms with van der Waals surface area (Å²) in [6.07, 6.45) is 7.03. The van der Waals surface area contributed by atoms with Gasteiger partial charge < -0.3 is 15.4 Å². The number of anilines is 1. The first kappa shape index (κ1) is 17.9. The molecule has 1 aromatic heterocycles. The van der Waals surface area contributed by atoms with Crippen LogP contribution in [-0.2, 0) is 0 Å². The molecule has 136 valence electrons. The Morgan fingerprint density at radius 3 is 2.62 bits per heavy atom. The lowest BCUT2D eigenvalue weighted by Crippen LogP contribution is -2.36. The van der Waals surface area contributed by atoms with Crippen molar-refractivity contribution < 1.29 is 14.3 Å². The zero-order chi connectivity index (χ0) is 18.4. The van der Waals surface area contributed by atoms with E-state index >= 15 is 0 Å². The molecule has 0 unspecified atom stereocenters. The highest BCUT2D eigenvalue weighted by atomic mass is 16.5. The van der Waals surface area contributed by atoms with Gasteiger partial charge in [-0.05, 0) is 37.1 Å². The van der Waals surface area contributed by atoms with Crippen molar-refractivity contribution in [2.45, 2.75) is 38.1 Å². The molecule has 26 heavy (non-hydrogen) atoms. The Kier molecular flexibility index (Phi) is 5.84. The number of nitrogens with zero attached hydrogens (tertiary/aromatic N) is 1. The number of hydrogen-bond donors (Lipinski definition) is 2. The number of carbonyl (C=O) groups excluding carboxylic acids is 2. The van der Waals surface area contributed by atoms with Gasteiger partial charge in [0.1, 0.15) is 11.4 Å². The van der Waals surface area contributed by atoms with E-state index in [1.54, 1.807) is 31.4 Å². The monoisotopic (exact) mass is 353 g/mol. The van der Waals surface area contributed by atoms with Gasteiger partial charge in [0.05, 0.1) is 12.8 Å². The molecule has 0 spiro atoms. The number of aromatic nitrogens is 1. The van der Waals surface area contributed by atoms with Crippen molar-refractivity contribution in [1.82, 2.24) is 10.3 Å². The fraction of sp³-hybridized carbons (Fsp3) is 0.350. The summed E-state index contributed by atoms with van der Waals surface area (Å²) >= 11 is 0. The standard InChI is InChI=1S/C20H23N3O3/c1-26-18-10-6-5-9-16(18)23-20(25)17-13-14(11-12-21-17)19(24)22-15-7-3-2-4-8-15/h5-6,9-13,15H,2-4,7-8H2,1H3,(H,22,24)(H,23,25). The first-order chi connectivity index (χ1) is 12.7. The van der Waals surface area contributed by atoms with Crippen molar-refractivity contribution in [3.05, 3.63) is 53.9 Å². The molecule has 2 N–H and O–H groups in total. The second kappa shape index (κ2) is 8.47. The molecule has 0 atom stereocenters. The van der Waals surface area contributed by atoms with Crippen molar-refractivity contribution in [2.75, 3.05) is 12.4 Å². The number of hydrogen-bond acceptors (Lipinski definition) is 4. The van der Waals surface area contributed by atoms with Gasteiger partial charge in [-0.25, -0.2) is 0 Å². The van der Waals surface area contributed by atoms with E-state index in [4.69, 9.17) is 4.74 Å². The van der Waals surface area contributed by atoms with Gasteiger partial charge in [-0.1, -0.05) is 31.4 Å². The molecule has 1 aromatic carbocycles. The summed E-state index contributed by atoms with van der Waals surface area (Å²) in [5, 5.41) is 5.82. The Bertz CT molecular complexity index is 785. The van der Waals surface area contributed by atoms with Crippen LogP contribution in [0.3, 0.4) is 0 Å². The fourth-order valence-corrected chi connectivity index (χ4v) is 3.15. The molecule has 1 heterocycles. The van der Waals surface area contributed by atoms with E-state index in [0.29, 0.717) is 17.0 Å². The average molecular weight is 353 g/mol. The summed E-state index contributed by atoms with van der Waals surface area (Å²) in [5.74, 6) is 0.0134. The van der Waals surface area contributed by atoms with Crippen LogP contribution in [0.5, 0.6) is 5.75 Å². The maximum atomic E-state index is 12.5. The number of ether oxygens (including phenoxy) is 1. The van der Waals surface area contributed by atoms with Gasteiger partial charge in [0.2, 0.25) is 0 Å². The maximum Gasteiger partial charge on any atom is 0.274 e. The molecular weight excluding hydrogens is 330 g/mol. The van der Waals surface area contributed by atoms with Crippen LogP contribution in [0.15, 0.2) is 42.6 Å². The lowest BCUT2D eigenvalue weighted by Gasteiger charge is -2.22. The average Bonchev–Trinajstić information content (AvgIpc) is 2.69. The summed E-state index contributed by atoms with van der Waals surface area (Å²) in [5.41, 5.74) is 1.18. The van der Waals surface area contributed by atoms with Gasteiger partial charge in [-0.2, -0.15) is 0 Å². The van der Waals surface area contributed by atoms with Crippen molar-refractivity contribution >= 4 is 17.5 Å². The van der Waals surface area contributed by atoms with Crippen molar-refractivity contribution in [2.24, 2.45) is 0 Å². The van der Waals surface area contributed by atoms with Crippen LogP contribution in [0.4, 0.5) is 5.69 Å². The summed E-state index contributed by atoms with van der Waals surface area (Å²) in [4.78, 5) is 29.0. The molecule has 2 aromatic rings. The number of methoxy groups -OCH3 is 1. The van der Waals surface area contributed by atoms with Gasteiger partial charge in [0.25, 0.3) is 11.8 Å². The highest BCUT2D eigenvalue weighted by molar-refractivity contribution is 6.05. The third kappa shape index (κ3) is 4.39. The van der Waals surface area contributed by atoms with E-state index < -0.39 is 0 Å². The number of carbonyl (C=O) groups is 2. The van der Waals surface area contributed by atoms with Crippen LogP contribution in [0.1, 0.15) is 53.0 Å². The number of pyridine rings is 1. The molecule has 0 bridgehead atoms. The number of amides is 2. The molecule has 2 amide bonds. The van der Waals surface area contributed by atoms with E-state index in [0.717, 1.165) is 25.7 Å². The number of nitrogens with one attached hydrogen (secondary N) is 2.